The molecule has 0 aliphatic rings. The fraction of sp³-hybridized carbons (Fsp3) is 0.538. The molecule has 1 heterocycles. The van der Waals surface area contributed by atoms with Crippen molar-refractivity contribution < 1.29 is 23.2 Å². The summed E-state index contributed by atoms with van der Waals surface area (Å²) in [5, 5.41) is 10.9. The number of carbonyl (C=O) groups is 1. The van der Waals surface area contributed by atoms with Crippen molar-refractivity contribution in [3.8, 4) is 0 Å². The van der Waals surface area contributed by atoms with Gasteiger partial charge in [0.05, 0.1) is 17.4 Å². The predicted octanol–water partition coefficient (Wildman–Crippen LogP) is 3.22. The number of halogens is 2. The van der Waals surface area contributed by atoms with E-state index in [4.69, 9.17) is 5.11 Å². The number of anilines is 1. The van der Waals surface area contributed by atoms with Gasteiger partial charge in [-0.15, -0.1) is 4.72 Å². The fourth-order valence-electron chi connectivity index (χ4n) is 1.56. The largest absolute Gasteiger partial charge is 0.598 e. The topological polar surface area (TPSA) is 97.3 Å². The molecule has 0 saturated carbocycles. The van der Waals surface area contributed by atoms with Crippen LogP contribution in [0.25, 0.3) is 0 Å². The normalized spacial score (nSPS) is 14.7. The number of nitrogens with zero attached hydrogens (tertiary/aromatic N) is 1. The van der Waals surface area contributed by atoms with Crippen molar-refractivity contribution in [1.82, 2.24) is 9.71 Å². The molecule has 0 bridgehead atoms. The van der Waals surface area contributed by atoms with Crippen molar-refractivity contribution >= 4 is 23.1 Å². The zero-order valence-electron chi connectivity index (χ0n) is 12.7. The number of hydrogen-bond acceptors (Lipinski definition) is 4. The number of hydrogen-bond donors (Lipinski definition) is 3. The Bertz CT molecular complexity index is 538. The Morgan fingerprint density at radius 2 is 2.00 bits per heavy atom. The number of carboxylic acid groups (broad SMARTS) is 1. The van der Waals surface area contributed by atoms with Gasteiger partial charge in [0.1, 0.15) is 10.4 Å². The summed E-state index contributed by atoms with van der Waals surface area (Å²) in [6, 6.07) is 1.59. The van der Waals surface area contributed by atoms with E-state index >= 15 is 0 Å². The number of amides is 1. The van der Waals surface area contributed by atoms with Crippen LogP contribution in [0.3, 0.4) is 0 Å². The van der Waals surface area contributed by atoms with E-state index in [9.17, 15) is 18.1 Å². The van der Waals surface area contributed by atoms with Gasteiger partial charge in [-0.25, -0.2) is 18.6 Å². The van der Waals surface area contributed by atoms with Gasteiger partial charge in [0.25, 0.3) is 6.43 Å². The first-order chi connectivity index (χ1) is 10.0. The molecule has 22 heavy (non-hydrogen) atoms. The van der Waals surface area contributed by atoms with E-state index in [-0.39, 0.29) is 11.4 Å². The maximum atomic E-state index is 12.8. The molecule has 2 atom stereocenters. The van der Waals surface area contributed by atoms with E-state index in [1.165, 1.54) is 6.07 Å². The van der Waals surface area contributed by atoms with Gasteiger partial charge in [-0.2, -0.15) is 0 Å². The smallest absolute Gasteiger partial charge is 0.409 e. The lowest BCUT2D eigenvalue weighted by Crippen LogP contribution is -2.41. The summed E-state index contributed by atoms with van der Waals surface area (Å²) in [7, 11) is 0. The van der Waals surface area contributed by atoms with Crippen molar-refractivity contribution in [2.24, 2.45) is 0 Å². The molecule has 1 amide bonds. The highest BCUT2D eigenvalue weighted by Crippen LogP contribution is 2.27. The summed E-state index contributed by atoms with van der Waals surface area (Å²) in [4.78, 5) is 14.6. The first-order valence-electron chi connectivity index (χ1n) is 6.49. The summed E-state index contributed by atoms with van der Waals surface area (Å²) in [5.74, 6) is 0. The van der Waals surface area contributed by atoms with Crippen LogP contribution in [0, 0.1) is 0 Å². The average molecular weight is 335 g/mol. The van der Waals surface area contributed by atoms with E-state index in [1.54, 1.807) is 27.7 Å². The SMILES string of the molecule is CC(N[S+]([O-])C(C)(C)C)c1nc(C(F)F)ccc1NC(=O)O. The van der Waals surface area contributed by atoms with Crippen molar-refractivity contribution in [3.05, 3.63) is 23.5 Å². The third-order valence-electron chi connectivity index (χ3n) is 2.66. The van der Waals surface area contributed by atoms with Crippen LogP contribution in [0.5, 0.6) is 0 Å². The molecular formula is C13H19F2N3O3S. The Kier molecular flexibility index (Phi) is 6.09. The maximum absolute atomic E-state index is 12.8. The summed E-state index contributed by atoms with van der Waals surface area (Å²) in [6.45, 7) is 6.83. The van der Waals surface area contributed by atoms with Gasteiger partial charge in [-0.1, -0.05) is 0 Å². The van der Waals surface area contributed by atoms with Crippen molar-refractivity contribution in [2.45, 2.75) is 44.9 Å². The summed E-state index contributed by atoms with van der Waals surface area (Å²) < 4.78 is 39.8. The Morgan fingerprint density at radius 3 is 2.45 bits per heavy atom. The first kappa shape index (κ1) is 18.6. The minimum atomic E-state index is -2.78. The molecular weight excluding hydrogens is 316 g/mol. The molecule has 9 heteroatoms. The van der Waals surface area contributed by atoms with Crippen LogP contribution in [0.4, 0.5) is 19.3 Å². The third kappa shape index (κ3) is 5.08. The minimum absolute atomic E-state index is 0.0674. The van der Waals surface area contributed by atoms with Gasteiger partial charge < -0.3 is 9.66 Å². The lowest BCUT2D eigenvalue weighted by molar-refractivity contribution is 0.145. The second-order valence-corrected chi connectivity index (χ2v) is 7.62. The number of pyridine rings is 1. The number of nitrogens with one attached hydrogen (secondary N) is 2. The van der Waals surface area contributed by atoms with E-state index in [0.29, 0.717) is 0 Å². The molecule has 0 aliphatic carbocycles. The van der Waals surface area contributed by atoms with Gasteiger partial charge >= 0.3 is 6.09 Å². The van der Waals surface area contributed by atoms with E-state index in [2.05, 4.69) is 15.0 Å². The molecule has 0 fully saturated rings. The minimum Gasteiger partial charge on any atom is -0.598 e. The molecule has 124 valence electrons. The molecule has 0 saturated heterocycles. The van der Waals surface area contributed by atoms with E-state index in [1.807, 2.05) is 0 Å². The van der Waals surface area contributed by atoms with Gasteiger partial charge in [-0.05, 0) is 39.8 Å². The first-order valence-corrected chi connectivity index (χ1v) is 7.64. The van der Waals surface area contributed by atoms with E-state index < -0.39 is 40.4 Å². The summed E-state index contributed by atoms with van der Waals surface area (Å²) in [6.07, 6.45) is -4.12. The molecule has 0 aliphatic heterocycles. The highest BCUT2D eigenvalue weighted by Gasteiger charge is 2.30. The molecule has 0 spiro atoms. The number of rotatable bonds is 5. The maximum Gasteiger partial charge on any atom is 0.409 e. The van der Waals surface area contributed by atoms with Crippen LogP contribution < -0.4 is 10.0 Å². The average Bonchev–Trinajstić information content (AvgIpc) is 2.36. The lowest BCUT2D eigenvalue weighted by Gasteiger charge is -2.27. The monoisotopic (exact) mass is 335 g/mol. The molecule has 0 radical (unpaired) electrons. The quantitative estimate of drug-likeness (QED) is 0.718. The van der Waals surface area contributed by atoms with Crippen LogP contribution in [0.2, 0.25) is 0 Å². The zero-order chi connectivity index (χ0) is 17.1. The van der Waals surface area contributed by atoms with E-state index in [0.717, 1.165) is 6.07 Å². The van der Waals surface area contributed by atoms with Gasteiger partial charge in [0.15, 0.2) is 0 Å². The van der Waals surface area contributed by atoms with Crippen LogP contribution in [-0.2, 0) is 11.4 Å². The molecule has 1 aromatic rings. The standard InChI is InChI=1S/C13H19F2N3O3S/c1-7(18-22(21)13(2,3)4)10-8(17-12(19)20)5-6-9(16-10)11(14)15/h5-7,11,17-18H,1-4H3,(H,19,20). The summed E-state index contributed by atoms with van der Waals surface area (Å²) in [5.41, 5.74) is -0.332. The van der Waals surface area contributed by atoms with Crippen molar-refractivity contribution in [1.29, 1.82) is 0 Å². The molecule has 2 unspecified atom stereocenters. The van der Waals surface area contributed by atoms with Gasteiger partial charge in [-0.3, -0.25) is 5.32 Å². The van der Waals surface area contributed by atoms with Gasteiger partial charge in [0.2, 0.25) is 0 Å². The Balaban J connectivity index is 3.11. The van der Waals surface area contributed by atoms with Crippen molar-refractivity contribution in [2.75, 3.05) is 5.32 Å². The Morgan fingerprint density at radius 1 is 1.41 bits per heavy atom. The third-order valence-corrected chi connectivity index (χ3v) is 4.34. The van der Waals surface area contributed by atoms with Crippen LogP contribution in [-0.4, -0.2) is 25.5 Å². The van der Waals surface area contributed by atoms with Crippen LogP contribution in [0.15, 0.2) is 12.1 Å². The highest BCUT2D eigenvalue weighted by atomic mass is 32.2. The Labute approximate surface area is 130 Å². The molecule has 3 N–H and O–H groups in total. The molecule has 1 rings (SSSR count). The number of aromatic nitrogens is 1. The number of alkyl halides is 2. The fourth-order valence-corrected chi connectivity index (χ4v) is 2.34. The van der Waals surface area contributed by atoms with Crippen LogP contribution >= 0.6 is 0 Å². The molecule has 1 aromatic heterocycles. The van der Waals surface area contributed by atoms with Crippen LogP contribution in [0.1, 0.15) is 51.6 Å². The second kappa shape index (κ2) is 7.21. The van der Waals surface area contributed by atoms with Crippen molar-refractivity contribution in [3.63, 3.8) is 0 Å². The molecule has 6 nitrogen and oxygen atoms in total. The predicted molar refractivity (Wildman–Crippen MR) is 80.3 cm³/mol. The summed E-state index contributed by atoms with van der Waals surface area (Å²) >= 11 is -1.46. The second-order valence-electron chi connectivity index (χ2n) is 5.62. The lowest BCUT2D eigenvalue weighted by atomic mass is 10.1. The highest BCUT2D eigenvalue weighted by molar-refractivity contribution is 7.90. The Hall–Kier alpha value is -1.45. The zero-order valence-corrected chi connectivity index (χ0v) is 13.5. The molecule has 0 aromatic carbocycles. The van der Waals surface area contributed by atoms with Gasteiger partial charge in [0, 0.05) is 11.4 Å².